The van der Waals surface area contributed by atoms with Gasteiger partial charge in [0.15, 0.2) is 5.43 Å². The second-order valence-electron chi connectivity index (χ2n) is 7.58. The molecule has 1 saturated heterocycles. The molecule has 0 aliphatic carbocycles. The van der Waals surface area contributed by atoms with E-state index in [1.807, 2.05) is 36.4 Å². The van der Waals surface area contributed by atoms with Gasteiger partial charge in [0, 0.05) is 39.6 Å². The highest BCUT2D eigenvalue weighted by molar-refractivity contribution is 7.24. The predicted octanol–water partition coefficient (Wildman–Crippen LogP) is 4.58. The molecule has 2 heterocycles. The minimum Gasteiger partial charge on any atom is -0.392 e. The van der Waals surface area contributed by atoms with E-state index in [1.54, 1.807) is 11.3 Å². The zero-order valence-electron chi connectivity index (χ0n) is 16.4. The summed E-state index contributed by atoms with van der Waals surface area (Å²) in [6.07, 6.45) is 5.11. The van der Waals surface area contributed by atoms with Crippen LogP contribution in [0.15, 0.2) is 41.2 Å². The second-order valence-corrected chi connectivity index (χ2v) is 8.63. The number of hydrogen-bond donors (Lipinski definition) is 2. The van der Waals surface area contributed by atoms with Crippen LogP contribution in [0.3, 0.4) is 0 Å². The van der Waals surface area contributed by atoms with Crippen LogP contribution in [0.4, 0.5) is 5.69 Å². The Morgan fingerprint density at radius 1 is 1.21 bits per heavy atom. The van der Waals surface area contributed by atoms with E-state index in [1.165, 1.54) is 32.2 Å². The van der Waals surface area contributed by atoms with Crippen LogP contribution < -0.4 is 10.7 Å². The van der Waals surface area contributed by atoms with Crippen molar-refractivity contribution in [3.63, 3.8) is 0 Å². The first-order valence-corrected chi connectivity index (χ1v) is 11.1. The number of anilines is 1. The van der Waals surface area contributed by atoms with E-state index in [0.29, 0.717) is 11.4 Å². The summed E-state index contributed by atoms with van der Waals surface area (Å²) in [6, 6.07) is 12.3. The summed E-state index contributed by atoms with van der Waals surface area (Å²) in [7, 11) is 0. The highest BCUT2D eigenvalue weighted by Gasteiger charge is 2.20. The van der Waals surface area contributed by atoms with Gasteiger partial charge in [-0.1, -0.05) is 31.5 Å². The number of piperidine rings is 1. The van der Waals surface area contributed by atoms with Crippen LogP contribution in [0.1, 0.15) is 38.2 Å². The smallest absolute Gasteiger partial charge is 0.197 e. The molecule has 0 saturated carbocycles. The molecule has 0 bridgehead atoms. The maximum Gasteiger partial charge on any atom is 0.197 e. The minimum absolute atomic E-state index is 0.0477. The van der Waals surface area contributed by atoms with E-state index in [9.17, 15) is 9.90 Å². The van der Waals surface area contributed by atoms with E-state index in [2.05, 4.69) is 17.1 Å². The molecule has 4 nitrogen and oxygen atoms in total. The zero-order chi connectivity index (χ0) is 19.5. The van der Waals surface area contributed by atoms with Crippen molar-refractivity contribution in [1.29, 1.82) is 0 Å². The lowest BCUT2D eigenvalue weighted by molar-refractivity contribution is 0.150. The average Bonchev–Trinajstić information content (AvgIpc) is 2.74. The molecule has 1 atom stereocenters. The van der Waals surface area contributed by atoms with Gasteiger partial charge in [-0.15, -0.1) is 11.3 Å². The first kappa shape index (κ1) is 19.4. The SMILES string of the molecule is CCC1CCCCN1CCNc1ccc(CO)c2sc3ccccc3c(=O)c12. The van der Waals surface area contributed by atoms with Gasteiger partial charge in [-0.3, -0.25) is 9.69 Å². The first-order chi connectivity index (χ1) is 13.7. The standard InChI is InChI=1S/C23H28N2O2S/c1-2-17-7-5-6-13-25(17)14-12-24-19-11-10-16(15-26)23-21(19)22(27)18-8-3-4-9-20(18)28-23/h3-4,8-11,17,24,26H,2,5-7,12-15H2,1H3. The fourth-order valence-electron chi connectivity index (χ4n) is 4.38. The molecule has 2 N–H and O–H groups in total. The molecule has 1 unspecified atom stereocenters. The Bertz CT molecular complexity index is 1030. The van der Waals surface area contributed by atoms with Crippen LogP contribution in [-0.4, -0.2) is 35.7 Å². The molecule has 3 aromatic rings. The van der Waals surface area contributed by atoms with Crippen molar-refractivity contribution >= 4 is 37.2 Å². The van der Waals surface area contributed by atoms with Crippen molar-refractivity contribution in [2.45, 2.75) is 45.3 Å². The molecule has 0 amide bonds. The number of rotatable bonds is 6. The molecule has 0 spiro atoms. The lowest BCUT2D eigenvalue weighted by Gasteiger charge is -2.35. The Morgan fingerprint density at radius 3 is 2.89 bits per heavy atom. The maximum atomic E-state index is 13.2. The summed E-state index contributed by atoms with van der Waals surface area (Å²) in [6.45, 7) is 5.20. The van der Waals surface area contributed by atoms with E-state index in [0.717, 1.165) is 39.1 Å². The molecule has 2 aromatic carbocycles. The lowest BCUT2D eigenvalue weighted by Crippen LogP contribution is -2.41. The highest BCUT2D eigenvalue weighted by Crippen LogP contribution is 2.32. The number of benzene rings is 2. The van der Waals surface area contributed by atoms with Gasteiger partial charge in [0.2, 0.25) is 0 Å². The molecule has 1 aliphatic heterocycles. The van der Waals surface area contributed by atoms with E-state index in [-0.39, 0.29) is 12.0 Å². The van der Waals surface area contributed by atoms with Crippen LogP contribution in [0, 0.1) is 0 Å². The first-order valence-electron chi connectivity index (χ1n) is 10.3. The van der Waals surface area contributed by atoms with Crippen molar-refractivity contribution in [2.75, 3.05) is 25.0 Å². The summed E-state index contributed by atoms with van der Waals surface area (Å²) in [5.41, 5.74) is 1.74. The van der Waals surface area contributed by atoms with Gasteiger partial charge in [0.1, 0.15) is 0 Å². The second kappa shape index (κ2) is 8.60. The number of aliphatic hydroxyl groups is 1. The number of hydrogen-bond acceptors (Lipinski definition) is 5. The molecule has 1 aliphatic rings. The fraction of sp³-hybridized carbons (Fsp3) is 0.435. The van der Waals surface area contributed by atoms with Gasteiger partial charge in [0.05, 0.1) is 12.0 Å². The van der Waals surface area contributed by atoms with Gasteiger partial charge in [-0.25, -0.2) is 0 Å². The summed E-state index contributed by atoms with van der Waals surface area (Å²) in [5, 5.41) is 14.7. The van der Waals surface area contributed by atoms with E-state index >= 15 is 0 Å². The molecule has 0 radical (unpaired) electrons. The number of likely N-dealkylation sites (tertiary alicyclic amines) is 1. The number of aliphatic hydroxyl groups excluding tert-OH is 1. The van der Waals surface area contributed by atoms with Crippen molar-refractivity contribution in [1.82, 2.24) is 4.90 Å². The van der Waals surface area contributed by atoms with Crippen molar-refractivity contribution < 1.29 is 5.11 Å². The van der Waals surface area contributed by atoms with Crippen LogP contribution in [0.25, 0.3) is 20.2 Å². The van der Waals surface area contributed by atoms with Gasteiger partial charge < -0.3 is 10.4 Å². The van der Waals surface area contributed by atoms with Crippen molar-refractivity contribution in [3.05, 3.63) is 52.2 Å². The highest BCUT2D eigenvalue weighted by atomic mass is 32.1. The summed E-state index contributed by atoms with van der Waals surface area (Å²) < 4.78 is 1.85. The van der Waals surface area contributed by atoms with Crippen LogP contribution in [0.5, 0.6) is 0 Å². The Kier molecular flexibility index (Phi) is 5.95. The molecule has 148 valence electrons. The molecule has 28 heavy (non-hydrogen) atoms. The molecule has 5 heteroatoms. The lowest BCUT2D eigenvalue weighted by atomic mass is 10.0. The summed E-state index contributed by atoms with van der Waals surface area (Å²) >= 11 is 1.59. The largest absolute Gasteiger partial charge is 0.392 e. The Balaban J connectivity index is 1.65. The average molecular weight is 397 g/mol. The number of fused-ring (bicyclic) bond motifs is 2. The number of nitrogens with zero attached hydrogens (tertiary/aromatic N) is 1. The third kappa shape index (κ3) is 3.66. The summed E-state index contributed by atoms with van der Waals surface area (Å²) in [4.78, 5) is 15.8. The molecular formula is C23H28N2O2S. The van der Waals surface area contributed by atoms with Crippen LogP contribution in [-0.2, 0) is 6.61 Å². The minimum atomic E-state index is -0.0585. The quantitative estimate of drug-likeness (QED) is 0.599. The fourth-order valence-corrected chi connectivity index (χ4v) is 5.58. The van der Waals surface area contributed by atoms with Gasteiger partial charge in [0.25, 0.3) is 0 Å². The van der Waals surface area contributed by atoms with Crippen molar-refractivity contribution in [3.8, 4) is 0 Å². The Labute approximate surface area is 169 Å². The topological polar surface area (TPSA) is 52.6 Å². The predicted molar refractivity (Wildman–Crippen MR) is 120 cm³/mol. The molecule has 4 rings (SSSR count). The molecule has 1 fully saturated rings. The van der Waals surface area contributed by atoms with Crippen LogP contribution >= 0.6 is 11.3 Å². The maximum absolute atomic E-state index is 13.2. The molecular weight excluding hydrogens is 368 g/mol. The van der Waals surface area contributed by atoms with Gasteiger partial charge in [-0.2, -0.15) is 0 Å². The van der Waals surface area contributed by atoms with E-state index < -0.39 is 0 Å². The van der Waals surface area contributed by atoms with Gasteiger partial charge in [-0.05, 0) is 49.6 Å². The third-order valence-corrected chi connectivity index (χ3v) is 7.16. The van der Waals surface area contributed by atoms with Gasteiger partial charge >= 0.3 is 0 Å². The monoisotopic (exact) mass is 396 g/mol. The van der Waals surface area contributed by atoms with Crippen LogP contribution in [0.2, 0.25) is 0 Å². The Hall–Kier alpha value is -1.95. The Morgan fingerprint density at radius 2 is 2.07 bits per heavy atom. The third-order valence-electron chi connectivity index (χ3n) is 5.92. The normalized spacial score (nSPS) is 18.0. The summed E-state index contributed by atoms with van der Waals surface area (Å²) in [5.74, 6) is 0. The molecule has 1 aromatic heterocycles. The van der Waals surface area contributed by atoms with E-state index in [4.69, 9.17) is 0 Å². The zero-order valence-corrected chi connectivity index (χ0v) is 17.2. The number of nitrogens with one attached hydrogen (secondary N) is 1. The van der Waals surface area contributed by atoms with Crippen molar-refractivity contribution in [2.24, 2.45) is 0 Å².